The first-order valence-corrected chi connectivity index (χ1v) is 10.5. The van der Waals surface area contributed by atoms with E-state index < -0.39 is 0 Å². The van der Waals surface area contributed by atoms with Crippen LogP contribution in [0.1, 0.15) is 6.92 Å². The Morgan fingerprint density at radius 1 is 1.18 bits per heavy atom. The molecular weight excluding hydrogens is 440 g/mol. The molecule has 0 bridgehead atoms. The Labute approximate surface area is 174 Å². The molecule has 0 aliphatic carbocycles. The number of halogens is 1. The number of para-hydroxylation sites is 1. The van der Waals surface area contributed by atoms with E-state index in [1.165, 1.54) is 11.8 Å². The number of thioether (sulfide) groups is 1. The molecule has 0 atom stereocenters. The predicted octanol–water partition coefficient (Wildman–Crippen LogP) is 5.20. The Morgan fingerprint density at radius 2 is 2.00 bits per heavy atom. The van der Waals surface area contributed by atoms with Crippen LogP contribution in [0, 0.1) is 0 Å². The van der Waals surface area contributed by atoms with Gasteiger partial charge in [0, 0.05) is 22.1 Å². The van der Waals surface area contributed by atoms with Gasteiger partial charge in [-0.25, -0.2) is 0 Å². The topological polar surface area (TPSA) is 73.0 Å². The van der Waals surface area contributed by atoms with Gasteiger partial charge in [0.15, 0.2) is 10.9 Å². The van der Waals surface area contributed by atoms with Gasteiger partial charge in [-0.3, -0.25) is 9.36 Å². The van der Waals surface area contributed by atoms with E-state index in [-0.39, 0.29) is 11.7 Å². The lowest BCUT2D eigenvalue weighted by molar-refractivity contribution is -0.113. The van der Waals surface area contributed by atoms with Crippen molar-refractivity contribution in [2.45, 2.75) is 18.6 Å². The van der Waals surface area contributed by atoms with Crippen molar-refractivity contribution in [3.63, 3.8) is 0 Å². The maximum absolute atomic E-state index is 12.2. The molecule has 8 heteroatoms. The van der Waals surface area contributed by atoms with Crippen molar-refractivity contribution < 1.29 is 9.21 Å². The number of fused-ring (bicyclic) bond motifs is 1. The van der Waals surface area contributed by atoms with E-state index >= 15 is 0 Å². The van der Waals surface area contributed by atoms with Crippen LogP contribution in [0.2, 0.25) is 0 Å². The van der Waals surface area contributed by atoms with E-state index in [1.54, 1.807) is 0 Å². The van der Waals surface area contributed by atoms with E-state index in [0.29, 0.717) is 23.3 Å². The molecular formula is C20H17BrN4O2S. The Balaban J connectivity index is 1.51. The highest BCUT2D eigenvalue weighted by atomic mass is 79.9. The van der Waals surface area contributed by atoms with Gasteiger partial charge >= 0.3 is 0 Å². The summed E-state index contributed by atoms with van der Waals surface area (Å²) in [6, 6.07) is 17.2. The average Bonchev–Trinajstić information content (AvgIpc) is 3.30. The smallest absolute Gasteiger partial charge is 0.234 e. The fourth-order valence-corrected chi connectivity index (χ4v) is 4.02. The summed E-state index contributed by atoms with van der Waals surface area (Å²) in [4.78, 5) is 12.2. The van der Waals surface area contributed by atoms with Crippen LogP contribution in [0.15, 0.2) is 68.6 Å². The summed E-state index contributed by atoms with van der Waals surface area (Å²) in [5.41, 5.74) is 1.57. The van der Waals surface area contributed by atoms with Crippen LogP contribution in [-0.2, 0) is 11.3 Å². The lowest BCUT2D eigenvalue weighted by atomic mass is 10.2. The molecule has 2 aromatic carbocycles. The van der Waals surface area contributed by atoms with Gasteiger partial charge in [-0.1, -0.05) is 45.9 Å². The number of amides is 1. The van der Waals surface area contributed by atoms with Crippen molar-refractivity contribution in [1.29, 1.82) is 0 Å². The van der Waals surface area contributed by atoms with Crippen molar-refractivity contribution in [3.05, 3.63) is 59.1 Å². The molecule has 4 aromatic rings. The molecule has 1 amide bonds. The first-order valence-electron chi connectivity index (χ1n) is 8.74. The zero-order chi connectivity index (χ0) is 19.5. The van der Waals surface area contributed by atoms with Crippen molar-refractivity contribution in [1.82, 2.24) is 14.8 Å². The summed E-state index contributed by atoms with van der Waals surface area (Å²) < 4.78 is 8.88. The molecule has 0 spiro atoms. The van der Waals surface area contributed by atoms with Gasteiger partial charge in [0.25, 0.3) is 0 Å². The SMILES string of the molecule is CCn1c(SCC(=O)Nc2ccccc2)nnc1-c1cc2cc(Br)ccc2o1. The number of carbonyl (C=O) groups excluding carboxylic acids is 1. The lowest BCUT2D eigenvalue weighted by Gasteiger charge is -2.06. The Morgan fingerprint density at radius 3 is 2.79 bits per heavy atom. The lowest BCUT2D eigenvalue weighted by Crippen LogP contribution is -2.14. The van der Waals surface area contributed by atoms with Gasteiger partial charge in [0.1, 0.15) is 5.58 Å². The Bertz CT molecular complexity index is 1120. The zero-order valence-electron chi connectivity index (χ0n) is 15.1. The van der Waals surface area contributed by atoms with Gasteiger partial charge in [-0.05, 0) is 43.3 Å². The van der Waals surface area contributed by atoms with Crippen LogP contribution in [0.3, 0.4) is 0 Å². The number of rotatable bonds is 6. The number of carbonyl (C=O) groups is 1. The van der Waals surface area contributed by atoms with Gasteiger partial charge < -0.3 is 9.73 Å². The minimum Gasteiger partial charge on any atom is -0.453 e. The predicted molar refractivity (Wildman–Crippen MR) is 114 cm³/mol. The first-order chi connectivity index (χ1) is 13.6. The number of hydrogen-bond acceptors (Lipinski definition) is 5. The molecule has 0 aliphatic rings. The fourth-order valence-electron chi connectivity index (χ4n) is 2.84. The highest BCUT2D eigenvalue weighted by Crippen LogP contribution is 2.30. The van der Waals surface area contributed by atoms with E-state index in [9.17, 15) is 4.79 Å². The van der Waals surface area contributed by atoms with Crippen LogP contribution in [0.5, 0.6) is 0 Å². The summed E-state index contributed by atoms with van der Waals surface area (Å²) in [5.74, 6) is 1.47. The molecule has 142 valence electrons. The van der Waals surface area contributed by atoms with E-state index in [1.807, 2.05) is 66.1 Å². The van der Waals surface area contributed by atoms with Crippen molar-refractivity contribution in [2.75, 3.05) is 11.1 Å². The minimum atomic E-state index is -0.0861. The van der Waals surface area contributed by atoms with Gasteiger partial charge in [-0.2, -0.15) is 0 Å². The maximum Gasteiger partial charge on any atom is 0.234 e. The molecule has 0 unspecified atom stereocenters. The highest BCUT2D eigenvalue weighted by Gasteiger charge is 2.18. The molecule has 0 saturated carbocycles. The molecule has 0 fully saturated rings. The monoisotopic (exact) mass is 456 g/mol. The number of furan rings is 1. The van der Waals surface area contributed by atoms with Gasteiger partial charge in [0.2, 0.25) is 11.7 Å². The van der Waals surface area contributed by atoms with Crippen LogP contribution < -0.4 is 5.32 Å². The standard InChI is InChI=1S/C20H17BrN4O2S/c1-2-25-19(17-11-13-10-14(21)8-9-16(13)27-17)23-24-20(25)28-12-18(26)22-15-6-4-3-5-7-15/h3-11H,2,12H2,1H3,(H,22,26). The molecule has 1 N–H and O–H groups in total. The number of nitrogens with one attached hydrogen (secondary N) is 1. The quantitative estimate of drug-likeness (QED) is 0.403. The van der Waals surface area contributed by atoms with Crippen LogP contribution in [0.25, 0.3) is 22.6 Å². The summed E-state index contributed by atoms with van der Waals surface area (Å²) >= 11 is 4.82. The molecule has 28 heavy (non-hydrogen) atoms. The third-order valence-corrected chi connectivity index (χ3v) is 5.58. The normalized spacial score (nSPS) is 11.1. The Kier molecular flexibility index (Phi) is 5.50. The Hall–Kier alpha value is -2.58. The van der Waals surface area contributed by atoms with E-state index in [0.717, 1.165) is 21.1 Å². The fraction of sp³-hybridized carbons (Fsp3) is 0.150. The molecule has 0 aliphatic heterocycles. The average molecular weight is 457 g/mol. The van der Waals surface area contributed by atoms with Crippen LogP contribution in [-0.4, -0.2) is 26.4 Å². The molecule has 2 aromatic heterocycles. The molecule has 0 saturated heterocycles. The highest BCUT2D eigenvalue weighted by molar-refractivity contribution is 9.10. The summed E-state index contributed by atoms with van der Waals surface area (Å²) in [7, 11) is 0. The third-order valence-electron chi connectivity index (χ3n) is 4.12. The number of nitrogens with zero attached hydrogens (tertiary/aromatic N) is 3. The summed E-state index contributed by atoms with van der Waals surface area (Å²) in [5, 5.41) is 13.1. The second kappa shape index (κ2) is 8.20. The number of hydrogen-bond donors (Lipinski definition) is 1. The maximum atomic E-state index is 12.2. The summed E-state index contributed by atoms with van der Waals surface area (Å²) in [6.07, 6.45) is 0. The molecule has 0 radical (unpaired) electrons. The second-order valence-corrected chi connectivity index (χ2v) is 7.90. The van der Waals surface area contributed by atoms with Crippen molar-refractivity contribution >= 4 is 50.3 Å². The largest absolute Gasteiger partial charge is 0.453 e. The van der Waals surface area contributed by atoms with Gasteiger partial charge in [-0.15, -0.1) is 10.2 Å². The first kappa shape index (κ1) is 18.8. The van der Waals surface area contributed by atoms with E-state index in [4.69, 9.17) is 4.42 Å². The van der Waals surface area contributed by atoms with Gasteiger partial charge in [0.05, 0.1) is 5.75 Å². The van der Waals surface area contributed by atoms with Crippen molar-refractivity contribution in [2.24, 2.45) is 0 Å². The third kappa shape index (κ3) is 3.98. The number of aromatic nitrogens is 3. The molecule has 4 rings (SSSR count). The van der Waals surface area contributed by atoms with Crippen molar-refractivity contribution in [3.8, 4) is 11.6 Å². The molecule has 2 heterocycles. The molecule has 6 nitrogen and oxygen atoms in total. The van der Waals surface area contributed by atoms with E-state index in [2.05, 4.69) is 31.4 Å². The minimum absolute atomic E-state index is 0.0861. The second-order valence-electron chi connectivity index (χ2n) is 6.05. The zero-order valence-corrected chi connectivity index (χ0v) is 17.5. The number of anilines is 1. The van der Waals surface area contributed by atoms with Crippen LogP contribution >= 0.6 is 27.7 Å². The number of benzene rings is 2. The summed E-state index contributed by atoms with van der Waals surface area (Å²) in [6.45, 7) is 2.69. The van der Waals surface area contributed by atoms with Crippen LogP contribution in [0.4, 0.5) is 5.69 Å².